The van der Waals surface area contributed by atoms with Crippen LogP contribution in [-0.4, -0.2) is 23.3 Å². The summed E-state index contributed by atoms with van der Waals surface area (Å²) in [6.07, 6.45) is 2.15. The van der Waals surface area contributed by atoms with Crippen LogP contribution < -0.4 is 4.78 Å². The van der Waals surface area contributed by atoms with Crippen LogP contribution in [0.4, 0.5) is 0 Å². The van der Waals surface area contributed by atoms with Crippen LogP contribution in [-0.2, 0) is 15.7 Å². The molecule has 1 fully saturated rings. The summed E-state index contributed by atoms with van der Waals surface area (Å²) in [5.74, 6) is 0.394. The predicted molar refractivity (Wildman–Crippen MR) is 85.9 cm³/mol. The highest BCUT2D eigenvalue weighted by atomic mass is 32.1. The molecular weight excluding hydrogens is 269 g/mol. The molecule has 0 bridgehead atoms. The minimum Gasteiger partial charge on any atom is -0.399 e. The smallest absolute Gasteiger partial charge is 0.399 e. The highest BCUT2D eigenvalue weighted by Gasteiger charge is 2.53. The van der Waals surface area contributed by atoms with Crippen molar-refractivity contribution >= 4 is 23.2 Å². The van der Waals surface area contributed by atoms with Gasteiger partial charge in [-0.05, 0) is 46.5 Å². The van der Waals surface area contributed by atoms with Gasteiger partial charge in [-0.2, -0.15) is 0 Å². The Morgan fingerprint density at radius 3 is 2.15 bits per heavy atom. The molecule has 1 aliphatic heterocycles. The van der Waals surface area contributed by atoms with E-state index in [0.29, 0.717) is 5.92 Å². The highest BCUT2D eigenvalue weighted by Crippen LogP contribution is 2.37. The Balaban J connectivity index is 2.33. The Morgan fingerprint density at radius 1 is 1.15 bits per heavy atom. The molecule has 0 spiro atoms. The first-order valence-corrected chi connectivity index (χ1v) is 8.34. The van der Waals surface area contributed by atoms with Gasteiger partial charge in [-0.1, -0.05) is 20.8 Å². The van der Waals surface area contributed by atoms with E-state index < -0.39 is 0 Å². The van der Waals surface area contributed by atoms with E-state index >= 15 is 0 Å². The Hall–Kier alpha value is -0.385. The van der Waals surface area contributed by atoms with Gasteiger partial charge < -0.3 is 9.31 Å². The van der Waals surface area contributed by atoms with Crippen LogP contribution in [0.1, 0.15) is 71.5 Å². The Morgan fingerprint density at radius 2 is 1.70 bits per heavy atom. The molecule has 2 rings (SSSR count). The molecule has 20 heavy (non-hydrogen) atoms. The summed E-state index contributed by atoms with van der Waals surface area (Å²) in [4.78, 5) is 4.80. The lowest BCUT2D eigenvalue weighted by Gasteiger charge is -2.32. The van der Waals surface area contributed by atoms with Gasteiger partial charge in [-0.3, -0.25) is 0 Å². The molecule has 0 radical (unpaired) electrons. The fourth-order valence-corrected chi connectivity index (χ4v) is 3.53. The first kappa shape index (κ1) is 16.0. The summed E-state index contributed by atoms with van der Waals surface area (Å²) >= 11 is 1.75. The third-order valence-corrected chi connectivity index (χ3v) is 5.36. The average Bonchev–Trinajstić information content (AvgIpc) is 2.79. The molecule has 1 aliphatic rings. The van der Waals surface area contributed by atoms with E-state index in [-0.39, 0.29) is 18.3 Å². The normalized spacial score (nSPS) is 20.9. The number of hydrogen-bond acceptors (Lipinski definition) is 4. The highest BCUT2D eigenvalue weighted by molar-refractivity contribution is 7.22. The number of nitrogens with zero attached hydrogens (tertiary/aromatic N) is 1. The van der Waals surface area contributed by atoms with Crippen LogP contribution in [0.3, 0.4) is 0 Å². The van der Waals surface area contributed by atoms with Crippen LogP contribution in [0.2, 0.25) is 0 Å². The fraction of sp³-hybridized carbons (Fsp3) is 0.800. The maximum atomic E-state index is 6.18. The topological polar surface area (TPSA) is 31.4 Å². The van der Waals surface area contributed by atoms with E-state index in [9.17, 15) is 0 Å². The number of thiazole rings is 1. The maximum Gasteiger partial charge on any atom is 0.507 e. The summed E-state index contributed by atoms with van der Waals surface area (Å²) in [5.41, 5.74) is 0.554. The number of aromatic nitrogens is 1. The predicted octanol–water partition coefficient (Wildman–Crippen LogP) is 3.52. The van der Waals surface area contributed by atoms with E-state index in [1.54, 1.807) is 11.3 Å². The molecule has 1 aromatic rings. The number of rotatable bonds is 4. The van der Waals surface area contributed by atoms with Crippen molar-refractivity contribution in [3.8, 4) is 0 Å². The summed E-state index contributed by atoms with van der Waals surface area (Å²) in [6.45, 7) is 14.9. The van der Waals surface area contributed by atoms with Gasteiger partial charge in [0.25, 0.3) is 0 Å². The van der Waals surface area contributed by atoms with Crippen LogP contribution in [0.25, 0.3) is 0 Å². The van der Waals surface area contributed by atoms with Crippen molar-refractivity contribution in [3.63, 3.8) is 0 Å². The molecule has 0 atom stereocenters. The van der Waals surface area contributed by atoms with Crippen molar-refractivity contribution < 1.29 is 9.31 Å². The molecule has 1 saturated heterocycles. The van der Waals surface area contributed by atoms with Crippen molar-refractivity contribution in [3.05, 3.63) is 10.7 Å². The Kier molecular flexibility index (Phi) is 4.34. The lowest BCUT2D eigenvalue weighted by atomic mass is 9.84. The van der Waals surface area contributed by atoms with Crippen molar-refractivity contribution in [2.24, 2.45) is 0 Å². The zero-order valence-electron chi connectivity index (χ0n) is 13.7. The second-order valence-electron chi connectivity index (χ2n) is 6.85. The lowest BCUT2D eigenvalue weighted by molar-refractivity contribution is 0.00578. The molecule has 0 saturated carbocycles. The molecule has 112 valence electrons. The minimum absolute atomic E-state index is 0.277. The van der Waals surface area contributed by atoms with E-state index in [1.165, 1.54) is 5.01 Å². The van der Waals surface area contributed by atoms with Gasteiger partial charge in [0.2, 0.25) is 0 Å². The molecule has 0 unspecified atom stereocenters. The number of hydrogen-bond donors (Lipinski definition) is 0. The largest absolute Gasteiger partial charge is 0.507 e. The van der Waals surface area contributed by atoms with E-state index in [1.807, 2.05) is 0 Å². The summed E-state index contributed by atoms with van der Waals surface area (Å²) in [5, 5.41) is 1.20. The average molecular weight is 295 g/mol. The van der Waals surface area contributed by atoms with Crippen LogP contribution >= 0.6 is 11.3 Å². The summed E-state index contributed by atoms with van der Waals surface area (Å²) in [6, 6.07) is 0. The van der Waals surface area contributed by atoms with Gasteiger partial charge in [-0.25, -0.2) is 4.98 Å². The maximum absolute atomic E-state index is 6.18. The summed E-state index contributed by atoms with van der Waals surface area (Å²) in [7, 11) is -0.277. The van der Waals surface area contributed by atoms with E-state index in [0.717, 1.165) is 23.3 Å². The Bertz CT molecular complexity index is 466. The van der Waals surface area contributed by atoms with Crippen molar-refractivity contribution in [1.29, 1.82) is 0 Å². The van der Waals surface area contributed by atoms with Gasteiger partial charge in [-0.15, -0.1) is 11.3 Å². The molecule has 3 nitrogen and oxygen atoms in total. The third kappa shape index (κ3) is 2.81. The Labute approximate surface area is 127 Å². The van der Waals surface area contributed by atoms with Gasteiger partial charge in [0.15, 0.2) is 0 Å². The molecule has 0 amide bonds. The van der Waals surface area contributed by atoms with E-state index in [4.69, 9.17) is 14.3 Å². The third-order valence-electron chi connectivity index (χ3n) is 4.20. The lowest BCUT2D eigenvalue weighted by Crippen LogP contribution is -2.41. The van der Waals surface area contributed by atoms with Crippen molar-refractivity contribution in [2.45, 2.75) is 78.4 Å². The number of aryl methyl sites for hydroxylation is 1. The first-order valence-electron chi connectivity index (χ1n) is 7.53. The van der Waals surface area contributed by atoms with Crippen molar-refractivity contribution in [1.82, 2.24) is 4.98 Å². The summed E-state index contributed by atoms with van der Waals surface area (Å²) < 4.78 is 13.5. The molecule has 0 aromatic carbocycles. The molecule has 0 aliphatic carbocycles. The zero-order valence-corrected chi connectivity index (χ0v) is 14.6. The van der Waals surface area contributed by atoms with E-state index in [2.05, 4.69) is 48.5 Å². The molecule has 1 aromatic heterocycles. The molecule has 5 heteroatoms. The monoisotopic (exact) mass is 295 g/mol. The second kappa shape index (κ2) is 5.43. The van der Waals surface area contributed by atoms with Crippen molar-refractivity contribution in [2.75, 3.05) is 0 Å². The SMILES string of the molecule is CCCc1nc(C(C)C)c(B2OC(C)(C)C(C)(C)O2)s1. The standard InChI is InChI=1S/C15H26BNO2S/c1-8-9-11-17-12(10(2)3)13(20-11)16-18-14(4,5)15(6,7)19-16/h10H,8-9H2,1-7H3. The minimum atomic E-state index is -0.291. The van der Waals surface area contributed by atoms with Crippen LogP contribution in [0.5, 0.6) is 0 Å². The van der Waals surface area contributed by atoms with Gasteiger partial charge in [0, 0.05) is 0 Å². The van der Waals surface area contributed by atoms with Crippen LogP contribution in [0, 0.1) is 0 Å². The van der Waals surface area contributed by atoms with Gasteiger partial charge in [0.05, 0.1) is 26.7 Å². The quantitative estimate of drug-likeness (QED) is 0.796. The molecule has 2 heterocycles. The second-order valence-corrected chi connectivity index (χ2v) is 7.97. The molecular formula is C15H26BNO2S. The first-order chi connectivity index (χ1) is 9.18. The zero-order chi connectivity index (χ0) is 15.1. The van der Waals surface area contributed by atoms with Gasteiger partial charge >= 0.3 is 7.12 Å². The van der Waals surface area contributed by atoms with Gasteiger partial charge in [0.1, 0.15) is 0 Å². The van der Waals surface area contributed by atoms with Crippen LogP contribution in [0.15, 0.2) is 0 Å². The molecule has 0 N–H and O–H groups in total. The fourth-order valence-electron chi connectivity index (χ4n) is 2.24.